The van der Waals surface area contributed by atoms with Crippen LogP contribution >= 0.6 is 0 Å². The fourth-order valence-electron chi connectivity index (χ4n) is 2.49. The zero-order chi connectivity index (χ0) is 16.1. The van der Waals surface area contributed by atoms with E-state index in [1.807, 2.05) is 6.92 Å². The highest BCUT2D eigenvalue weighted by atomic mass is 16.5. The maximum absolute atomic E-state index is 12.2. The predicted octanol–water partition coefficient (Wildman–Crippen LogP) is 0.935. The zero-order valence-corrected chi connectivity index (χ0v) is 12.9. The van der Waals surface area contributed by atoms with Crippen molar-refractivity contribution in [3.63, 3.8) is 0 Å². The fraction of sp³-hybridized carbons (Fsp3) is 0.500. The molecule has 1 aromatic rings. The number of rotatable bonds is 6. The lowest BCUT2D eigenvalue weighted by Gasteiger charge is -2.19. The summed E-state index contributed by atoms with van der Waals surface area (Å²) in [6.07, 6.45) is 0.852. The van der Waals surface area contributed by atoms with Crippen LogP contribution in [0.4, 0.5) is 5.69 Å². The van der Waals surface area contributed by atoms with Gasteiger partial charge in [-0.15, -0.1) is 0 Å². The van der Waals surface area contributed by atoms with Crippen molar-refractivity contribution in [3.05, 3.63) is 24.3 Å². The fourth-order valence-corrected chi connectivity index (χ4v) is 2.49. The molecule has 22 heavy (non-hydrogen) atoms. The minimum Gasteiger partial charge on any atom is -0.497 e. The lowest BCUT2D eigenvalue weighted by atomic mass is 10.1. The number of hydrogen-bond acceptors (Lipinski definition) is 4. The van der Waals surface area contributed by atoms with Crippen molar-refractivity contribution in [2.24, 2.45) is 5.92 Å². The lowest BCUT2D eigenvalue weighted by molar-refractivity contribution is -0.127. The molecule has 0 bridgehead atoms. The number of hydrogen-bond donors (Lipinski definition) is 2. The number of aliphatic hydroxyl groups is 1. The zero-order valence-electron chi connectivity index (χ0n) is 12.9. The van der Waals surface area contributed by atoms with E-state index in [4.69, 9.17) is 9.84 Å². The number of methoxy groups -OCH3 is 1. The van der Waals surface area contributed by atoms with Crippen molar-refractivity contribution in [1.29, 1.82) is 0 Å². The highest BCUT2D eigenvalue weighted by molar-refractivity contribution is 6.00. The number of nitrogens with zero attached hydrogens (tertiary/aromatic N) is 1. The lowest BCUT2D eigenvalue weighted by Crippen LogP contribution is -2.41. The van der Waals surface area contributed by atoms with Crippen molar-refractivity contribution in [1.82, 2.24) is 5.32 Å². The molecule has 2 N–H and O–H groups in total. The normalized spacial score (nSPS) is 19.1. The van der Waals surface area contributed by atoms with E-state index in [0.717, 1.165) is 11.4 Å². The van der Waals surface area contributed by atoms with Crippen molar-refractivity contribution in [2.45, 2.75) is 25.8 Å². The van der Waals surface area contributed by atoms with E-state index in [2.05, 4.69) is 5.32 Å². The highest BCUT2D eigenvalue weighted by Gasteiger charge is 2.35. The Morgan fingerprint density at radius 3 is 2.68 bits per heavy atom. The Labute approximate surface area is 130 Å². The van der Waals surface area contributed by atoms with Gasteiger partial charge in [0.2, 0.25) is 11.8 Å². The Morgan fingerprint density at radius 1 is 1.45 bits per heavy atom. The third kappa shape index (κ3) is 3.57. The van der Waals surface area contributed by atoms with Crippen LogP contribution in [0.5, 0.6) is 5.75 Å². The average molecular weight is 306 g/mol. The molecular weight excluding hydrogens is 284 g/mol. The molecule has 2 unspecified atom stereocenters. The van der Waals surface area contributed by atoms with Crippen LogP contribution in [-0.2, 0) is 9.59 Å². The summed E-state index contributed by atoms with van der Waals surface area (Å²) in [4.78, 5) is 25.9. The first-order chi connectivity index (χ1) is 10.6. The van der Waals surface area contributed by atoms with Gasteiger partial charge in [0.05, 0.1) is 25.7 Å². The smallest absolute Gasteiger partial charge is 0.227 e. The third-order valence-electron chi connectivity index (χ3n) is 3.94. The standard InChI is InChI=1S/C16H22N2O4/c1-3-12(10-19)17-16(21)11-8-15(20)18(9-11)13-4-6-14(22-2)7-5-13/h4-7,11-12,19H,3,8-10H2,1-2H3,(H,17,21). The summed E-state index contributed by atoms with van der Waals surface area (Å²) in [6, 6.07) is 6.93. The third-order valence-corrected chi connectivity index (χ3v) is 3.94. The SMILES string of the molecule is CCC(CO)NC(=O)C1CC(=O)N(c2ccc(OC)cc2)C1. The first kappa shape index (κ1) is 16.3. The molecule has 0 radical (unpaired) electrons. The molecule has 1 heterocycles. The molecule has 1 aliphatic rings. The number of carbonyl (C=O) groups excluding carboxylic acids is 2. The van der Waals surface area contributed by atoms with Gasteiger partial charge in [-0.2, -0.15) is 0 Å². The van der Waals surface area contributed by atoms with Crippen LogP contribution in [-0.4, -0.2) is 43.2 Å². The van der Waals surface area contributed by atoms with Gasteiger partial charge in [0.25, 0.3) is 0 Å². The number of anilines is 1. The van der Waals surface area contributed by atoms with Crippen LogP contribution in [0.2, 0.25) is 0 Å². The predicted molar refractivity (Wildman–Crippen MR) is 82.8 cm³/mol. The van der Waals surface area contributed by atoms with Gasteiger partial charge in [0.15, 0.2) is 0 Å². The van der Waals surface area contributed by atoms with Crippen LogP contribution in [0.3, 0.4) is 0 Å². The van der Waals surface area contributed by atoms with E-state index < -0.39 is 0 Å². The summed E-state index contributed by atoms with van der Waals surface area (Å²) in [6.45, 7) is 2.16. The Morgan fingerprint density at radius 2 is 2.14 bits per heavy atom. The number of benzene rings is 1. The molecule has 0 spiro atoms. The summed E-state index contributed by atoms with van der Waals surface area (Å²) in [5, 5.41) is 11.9. The van der Waals surface area contributed by atoms with E-state index in [-0.39, 0.29) is 36.8 Å². The van der Waals surface area contributed by atoms with Crippen LogP contribution in [0.15, 0.2) is 24.3 Å². The van der Waals surface area contributed by atoms with Crippen molar-refractivity contribution in [2.75, 3.05) is 25.2 Å². The number of carbonyl (C=O) groups is 2. The maximum Gasteiger partial charge on any atom is 0.227 e. The van der Waals surface area contributed by atoms with Gasteiger partial charge in [-0.25, -0.2) is 0 Å². The Hall–Kier alpha value is -2.08. The molecule has 6 nitrogen and oxygen atoms in total. The van der Waals surface area contributed by atoms with Gasteiger partial charge in [0, 0.05) is 18.7 Å². The first-order valence-electron chi connectivity index (χ1n) is 7.44. The molecule has 6 heteroatoms. The molecule has 1 fully saturated rings. The molecule has 1 aliphatic heterocycles. The van der Waals surface area contributed by atoms with Crippen LogP contribution in [0, 0.1) is 5.92 Å². The van der Waals surface area contributed by atoms with Crippen molar-refractivity contribution in [3.8, 4) is 5.75 Å². The van der Waals surface area contributed by atoms with Crippen LogP contribution in [0.25, 0.3) is 0 Å². The van der Waals surface area contributed by atoms with E-state index >= 15 is 0 Å². The molecule has 1 aromatic carbocycles. The van der Waals surface area contributed by atoms with E-state index in [0.29, 0.717) is 13.0 Å². The topological polar surface area (TPSA) is 78.9 Å². The minimum absolute atomic E-state index is 0.0673. The maximum atomic E-state index is 12.2. The molecule has 1 saturated heterocycles. The second-order valence-electron chi connectivity index (χ2n) is 5.40. The van der Waals surface area contributed by atoms with Crippen LogP contribution in [0.1, 0.15) is 19.8 Å². The second-order valence-corrected chi connectivity index (χ2v) is 5.40. The summed E-state index contributed by atoms with van der Waals surface area (Å²) in [7, 11) is 1.59. The number of amides is 2. The quantitative estimate of drug-likeness (QED) is 0.819. The Kier molecular flexibility index (Phi) is 5.38. The summed E-state index contributed by atoms with van der Waals surface area (Å²) in [5.74, 6) is 0.0984. The first-order valence-corrected chi connectivity index (χ1v) is 7.44. The molecule has 2 rings (SSSR count). The van der Waals surface area contributed by atoms with E-state index in [1.165, 1.54) is 0 Å². The molecule has 0 aliphatic carbocycles. The summed E-state index contributed by atoms with van der Waals surface area (Å²) in [5.41, 5.74) is 0.760. The van der Waals surface area contributed by atoms with Gasteiger partial charge >= 0.3 is 0 Å². The Balaban J connectivity index is 2.02. The molecule has 2 amide bonds. The minimum atomic E-state index is -0.379. The van der Waals surface area contributed by atoms with Gasteiger partial charge < -0.3 is 20.1 Å². The molecule has 2 atom stereocenters. The van der Waals surface area contributed by atoms with Crippen molar-refractivity contribution >= 4 is 17.5 Å². The molecule has 120 valence electrons. The Bertz CT molecular complexity index is 525. The molecule has 0 saturated carbocycles. The largest absolute Gasteiger partial charge is 0.497 e. The van der Waals surface area contributed by atoms with Crippen LogP contribution < -0.4 is 15.0 Å². The van der Waals surface area contributed by atoms with Gasteiger partial charge in [-0.05, 0) is 30.7 Å². The van der Waals surface area contributed by atoms with E-state index in [1.54, 1.807) is 36.3 Å². The average Bonchev–Trinajstić information content (AvgIpc) is 2.94. The molecular formula is C16H22N2O4. The number of nitrogens with one attached hydrogen (secondary N) is 1. The number of aliphatic hydroxyl groups excluding tert-OH is 1. The highest BCUT2D eigenvalue weighted by Crippen LogP contribution is 2.27. The number of ether oxygens (including phenoxy) is 1. The summed E-state index contributed by atoms with van der Waals surface area (Å²) >= 11 is 0. The van der Waals surface area contributed by atoms with Gasteiger partial charge in [-0.1, -0.05) is 6.92 Å². The monoisotopic (exact) mass is 306 g/mol. The van der Waals surface area contributed by atoms with Gasteiger partial charge in [-0.3, -0.25) is 9.59 Å². The van der Waals surface area contributed by atoms with Crippen molar-refractivity contribution < 1.29 is 19.4 Å². The molecule has 0 aromatic heterocycles. The summed E-state index contributed by atoms with van der Waals surface area (Å²) < 4.78 is 5.10. The second kappa shape index (κ2) is 7.26. The van der Waals surface area contributed by atoms with E-state index in [9.17, 15) is 9.59 Å². The van der Waals surface area contributed by atoms with Gasteiger partial charge in [0.1, 0.15) is 5.75 Å².